The predicted molar refractivity (Wildman–Crippen MR) is 75.4 cm³/mol. The molecular formula is C14H14N2OS. The lowest BCUT2D eigenvalue weighted by Crippen LogP contribution is -2.11. The van der Waals surface area contributed by atoms with Crippen LogP contribution in [0, 0.1) is 0 Å². The first kappa shape index (κ1) is 12.5. The van der Waals surface area contributed by atoms with Gasteiger partial charge in [-0.05, 0) is 23.8 Å². The summed E-state index contributed by atoms with van der Waals surface area (Å²) in [5, 5.41) is 0. The monoisotopic (exact) mass is 258 g/mol. The van der Waals surface area contributed by atoms with E-state index in [1.165, 1.54) is 5.56 Å². The van der Waals surface area contributed by atoms with Gasteiger partial charge in [-0.1, -0.05) is 30.3 Å². The topological polar surface area (TPSA) is 69.1 Å². The molecule has 0 atom stereocenters. The number of rotatable bonds is 4. The zero-order chi connectivity index (χ0) is 13.0. The fourth-order valence-corrected chi connectivity index (χ4v) is 2.47. The van der Waals surface area contributed by atoms with E-state index in [9.17, 15) is 4.79 Å². The molecule has 92 valence electrons. The zero-order valence-electron chi connectivity index (χ0n) is 9.80. The lowest BCUT2D eigenvalue weighted by Gasteiger charge is -2.06. The van der Waals surface area contributed by atoms with Gasteiger partial charge in [0.15, 0.2) is 0 Å². The molecule has 0 aromatic heterocycles. The van der Waals surface area contributed by atoms with Gasteiger partial charge in [-0.15, -0.1) is 11.8 Å². The molecular weight excluding hydrogens is 244 g/mol. The number of anilines is 1. The normalized spacial score (nSPS) is 10.2. The van der Waals surface area contributed by atoms with Crippen molar-refractivity contribution in [3.05, 3.63) is 59.7 Å². The van der Waals surface area contributed by atoms with E-state index in [0.717, 1.165) is 10.6 Å². The van der Waals surface area contributed by atoms with Crippen molar-refractivity contribution in [2.45, 2.75) is 10.6 Å². The molecule has 0 saturated heterocycles. The highest BCUT2D eigenvalue weighted by molar-refractivity contribution is 7.98. The Morgan fingerprint density at radius 2 is 1.83 bits per heavy atom. The minimum atomic E-state index is -0.457. The largest absolute Gasteiger partial charge is 0.398 e. The molecule has 0 aliphatic rings. The van der Waals surface area contributed by atoms with Crippen molar-refractivity contribution in [1.29, 1.82) is 0 Å². The van der Waals surface area contributed by atoms with Crippen LogP contribution < -0.4 is 11.5 Å². The number of hydrogen-bond donors (Lipinski definition) is 2. The number of nitrogen functional groups attached to an aromatic ring is 1. The molecule has 0 radical (unpaired) electrons. The Kier molecular flexibility index (Phi) is 3.89. The van der Waals surface area contributed by atoms with Gasteiger partial charge >= 0.3 is 0 Å². The molecule has 0 unspecified atom stereocenters. The Morgan fingerprint density at radius 3 is 2.44 bits per heavy atom. The summed E-state index contributed by atoms with van der Waals surface area (Å²) in [4.78, 5) is 12.0. The van der Waals surface area contributed by atoms with E-state index in [1.54, 1.807) is 23.9 Å². The van der Waals surface area contributed by atoms with Crippen LogP contribution in [0.3, 0.4) is 0 Å². The van der Waals surface area contributed by atoms with Crippen molar-refractivity contribution >= 4 is 23.4 Å². The lowest BCUT2D eigenvalue weighted by atomic mass is 10.2. The van der Waals surface area contributed by atoms with Crippen LogP contribution in [0.1, 0.15) is 15.9 Å². The number of primary amides is 1. The summed E-state index contributed by atoms with van der Waals surface area (Å²) in [5.41, 5.74) is 13.4. The van der Waals surface area contributed by atoms with Crippen molar-refractivity contribution < 1.29 is 4.79 Å². The molecule has 0 bridgehead atoms. The van der Waals surface area contributed by atoms with E-state index in [0.29, 0.717) is 11.3 Å². The smallest absolute Gasteiger partial charge is 0.248 e. The first-order chi connectivity index (χ1) is 8.66. The van der Waals surface area contributed by atoms with Crippen molar-refractivity contribution in [1.82, 2.24) is 0 Å². The van der Waals surface area contributed by atoms with Gasteiger partial charge in [-0.25, -0.2) is 0 Å². The molecule has 0 saturated carbocycles. The number of benzene rings is 2. The highest BCUT2D eigenvalue weighted by Crippen LogP contribution is 2.28. The number of carbonyl (C=O) groups is 1. The predicted octanol–water partition coefficient (Wildman–Crippen LogP) is 2.66. The zero-order valence-corrected chi connectivity index (χ0v) is 10.6. The Labute approximate surface area is 110 Å². The first-order valence-corrected chi connectivity index (χ1v) is 6.51. The van der Waals surface area contributed by atoms with Crippen LogP contribution in [-0.2, 0) is 5.75 Å². The molecule has 0 spiro atoms. The van der Waals surface area contributed by atoms with Gasteiger partial charge in [0, 0.05) is 21.9 Å². The Morgan fingerprint density at radius 1 is 1.11 bits per heavy atom. The molecule has 0 fully saturated rings. The minimum absolute atomic E-state index is 0.441. The molecule has 18 heavy (non-hydrogen) atoms. The molecule has 4 heteroatoms. The van der Waals surface area contributed by atoms with Crippen LogP contribution in [0.4, 0.5) is 5.69 Å². The second-order valence-electron chi connectivity index (χ2n) is 3.89. The fraction of sp³-hybridized carbons (Fsp3) is 0.0714. The second kappa shape index (κ2) is 5.60. The standard InChI is InChI=1S/C14H14N2OS/c15-12-8-11(14(16)17)6-7-13(12)18-9-10-4-2-1-3-5-10/h1-8H,9,15H2,(H2,16,17). The second-order valence-corrected chi connectivity index (χ2v) is 4.91. The van der Waals surface area contributed by atoms with Crippen LogP contribution in [-0.4, -0.2) is 5.91 Å². The fourth-order valence-electron chi connectivity index (χ4n) is 1.57. The molecule has 0 aliphatic heterocycles. The summed E-state index contributed by atoms with van der Waals surface area (Å²) in [5.74, 6) is 0.391. The molecule has 2 aromatic carbocycles. The van der Waals surface area contributed by atoms with Gasteiger partial charge < -0.3 is 11.5 Å². The van der Waals surface area contributed by atoms with Crippen molar-refractivity contribution in [2.24, 2.45) is 5.73 Å². The molecule has 4 N–H and O–H groups in total. The quantitative estimate of drug-likeness (QED) is 0.654. The summed E-state index contributed by atoms with van der Waals surface area (Å²) < 4.78 is 0. The molecule has 3 nitrogen and oxygen atoms in total. The van der Waals surface area contributed by atoms with E-state index in [2.05, 4.69) is 12.1 Å². The van der Waals surface area contributed by atoms with E-state index in [1.807, 2.05) is 24.3 Å². The van der Waals surface area contributed by atoms with Crippen LogP contribution in [0.25, 0.3) is 0 Å². The van der Waals surface area contributed by atoms with E-state index in [4.69, 9.17) is 11.5 Å². The Hall–Kier alpha value is -1.94. The van der Waals surface area contributed by atoms with Gasteiger partial charge in [0.05, 0.1) is 0 Å². The van der Waals surface area contributed by atoms with E-state index in [-0.39, 0.29) is 0 Å². The highest BCUT2D eigenvalue weighted by Gasteiger charge is 2.05. The summed E-state index contributed by atoms with van der Waals surface area (Å²) in [6, 6.07) is 15.3. The molecule has 0 heterocycles. The van der Waals surface area contributed by atoms with Gasteiger partial charge in [-0.3, -0.25) is 4.79 Å². The summed E-state index contributed by atoms with van der Waals surface area (Å²) >= 11 is 1.64. The van der Waals surface area contributed by atoms with E-state index < -0.39 is 5.91 Å². The maximum absolute atomic E-state index is 11.0. The number of hydrogen-bond acceptors (Lipinski definition) is 3. The minimum Gasteiger partial charge on any atom is -0.398 e. The van der Waals surface area contributed by atoms with Crippen LogP contribution in [0.2, 0.25) is 0 Å². The van der Waals surface area contributed by atoms with Crippen LogP contribution in [0.5, 0.6) is 0 Å². The average Bonchev–Trinajstić information content (AvgIpc) is 2.38. The number of carbonyl (C=O) groups excluding carboxylic acids is 1. The highest BCUT2D eigenvalue weighted by atomic mass is 32.2. The average molecular weight is 258 g/mol. The third-order valence-electron chi connectivity index (χ3n) is 2.53. The summed E-state index contributed by atoms with van der Waals surface area (Å²) in [6.45, 7) is 0. The van der Waals surface area contributed by atoms with Crippen molar-refractivity contribution in [3.8, 4) is 0 Å². The van der Waals surface area contributed by atoms with Crippen LogP contribution >= 0.6 is 11.8 Å². The van der Waals surface area contributed by atoms with Gasteiger partial charge in [0.1, 0.15) is 0 Å². The molecule has 1 amide bonds. The number of thioether (sulfide) groups is 1. The van der Waals surface area contributed by atoms with Crippen molar-refractivity contribution in [3.63, 3.8) is 0 Å². The van der Waals surface area contributed by atoms with Crippen molar-refractivity contribution in [2.75, 3.05) is 5.73 Å². The third kappa shape index (κ3) is 3.05. The van der Waals surface area contributed by atoms with Crippen LogP contribution in [0.15, 0.2) is 53.4 Å². The van der Waals surface area contributed by atoms with Gasteiger partial charge in [0.25, 0.3) is 0 Å². The van der Waals surface area contributed by atoms with Gasteiger partial charge in [-0.2, -0.15) is 0 Å². The molecule has 2 aromatic rings. The maximum Gasteiger partial charge on any atom is 0.248 e. The van der Waals surface area contributed by atoms with E-state index >= 15 is 0 Å². The number of nitrogens with two attached hydrogens (primary N) is 2. The third-order valence-corrected chi connectivity index (χ3v) is 3.69. The Bertz CT molecular complexity index is 555. The summed E-state index contributed by atoms with van der Waals surface area (Å²) in [6.07, 6.45) is 0. The SMILES string of the molecule is NC(=O)c1ccc(SCc2ccccc2)c(N)c1. The number of amides is 1. The maximum atomic E-state index is 11.0. The molecule has 0 aliphatic carbocycles. The van der Waals surface area contributed by atoms with Gasteiger partial charge in [0.2, 0.25) is 5.91 Å². The first-order valence-electron chi connectivity index (χ1n) is 5.53. The lowest BCUT2D eigenvalue weighted by molar-refractivity contribution is 0.100. The molecule has 2 rings (SSSR count). The summed E-state index contributed by atoms with van der Waals surface area (Å²) in [7, 11) is 0. The Balaban J connectivity index is 2.08.